The Labute approximate surface area is 242 Å². The Morgan fingerprint density at radius 1 is 0.921 bits per heavy atom. The molecule has 0 unspecified atom stereocenters. The molecule has 3 heterocycles. The van der Waals surface area contributed by atoms with E-state index in [9.17, 15) is 14.4 Å². The van der Waals surface area contributed by atoms with Crippen molar-refractivity contribution in [3.05, 3.63) is 12.2 Å². The number of rotatable bonds is 18. The summed E-state index contributed by atoms with van der Waals surface area (Å²) in [6.45, 7) is 6.72. The third-order valence-electron chi connectivity index (χ3n) is 7.56. The van der Waals surface area contributed by atoms with Crippen LogP contribution in [0.3, 0.4) is 0 Å². The van der Waals surface area contributed by atoms with Gasteiger partial charge < -0.3 is 9.47 Å². The molecule has 0 aromatic heterocycles. The monoisotopic (exact) mass is 583 g/mol. The van der Waals surface area contributed by atoms with Gasteiger partial charge in [0, 0.05) is 6.54 Å². The van der Waals surface area contributed by atoms with E-state index in [1.54, 1.807) is 11.8 Å². The third-order valence-corrected chi connectivity index (χ3v) is 10.3. The number of thiocarbonyl (C=S) groups is 1. The number of nitrogens with zero attached hydrogens (tertiary/aromatic N) is 1. The van der Waals surface area contributed by atoms with Gasteiger partial charge in [-0.3, -0.25) is 19.3 Å². The summed E-state index contributed by atoms with van der Waals surface area (Å²) in [6.07, 6.45) is 17.3. The fourth-order valence-electron chi connectivity index (χ4n) is 5.32. The van der Waals surface area contributed by atoms with Crippen molar-refractivity contribution in [2.75, 3.05) is 18.9 Å². The van der Waals surface area contributed by atoms with Crippen LogP contribution in [0.4, 0.5) is 0 Å². The van der Waals surface area contributed by atoms with Gasteiger partial charge in [0.05, 0.1) is 30.7 Å². The maximum Gasteiger partial charge on any atom is 0.322 e. The minimum atomic E-state index is -0.718. The van der Waals surface area contributed by atoms with Gasteiger partial charge >= 0.3 is 5.97 Å². The quantitative estimate of drug-likeness (QED) is 0.0580. The number of hydrogen-bond acceptors (Lipinski definition) is 8. The van der Waals surface area contributed by atoms with Crippen LogP contribution < -0.4 is 0 Å². The minimum absolute atomic E-state index is 0.103. The molecule has 2 amide bonds. The van der Waals surface area contributed by atoms with Crippen molar-refractivity contribution in [3.63, 3.8) is 0 Å². The van der Waals surface area contributed by atoms with Gasteiger partial charge in [0.1, 0.15) is 8.28 Å². The molecule has 0 spiro atoms. The van der Waals surface area contributed by atoms with Gasteiger partial charge in [-0.05, 0) is 45.3 Å². The molecular formula is C29H45NO5S3. The van der Waals surface area contributed by atoms with E-state index in [0.29, 0.717) is 26.0 Å². The van der Waals surface area contributed by atoms with E-state index >= 15 is 0 Å². The van der Waals surface area contributed by atoms with Crippen molar-refractivity contribution in [2.24, 2.45) is 11.8 Å². The van der Waals surface area contributed by atoms with Crippen molar-refractivity contribution in [3.8, 4) is 0 Å². The summed E-state index contributed by atoms with van der Waals surface area (Å²) < 4.78 is 11.3. The number of fused-ring (bicyclic) bond motifs is 5. The van der Waals surface area contributed by atoms with Gasteiger partial charge in [-0.2, -0.15) is 0 Å². The SMILES string of the molecule is CCCCCCCCCCCSC(=S)SC(C)(C)C(=O)OCCCCCN1C(=O)[C@@H]2[C@H](C1=O)[C@H]1C=C[C@@H]2O1. The molecule has 214 valence electrons. The number of imide groups is 1. The summed E-state index contributed by atoms with van der Waals surface area (Å²) in [5, 5.41) is 0. The molecule has 2 saturated heterocycles. The first-order valence-corrected chi connectivity index (χ1v) is 16.7. The van der Waals surface area contributed by atoms with Crippen LogP contribution in [0.1, 0.15) is 97.8 Å². The molecule has 0 aliphatic carbocycles. The molecule has 4 atom stereocenters. The van der Waals surface area contributed by atoms with E-state index in [-0.39, 0.29) is 41.8 Å². The summed E-state index contributed by atoms with van der Waals surface area (Å²) in [6, 6.07) is 0. The Balaban J connectivity index is 1.20. The van der Waals surface area contributed by atoms with Crippen LogP contribution in [0, 0.1) is 11.8 Å². The lowest BCUT2D eigenvalue weighted by molar-refractivity contribution is -0.145. The molecule has 0 aromatic carbocycles. The maximum absolute atomic E-state index is 12.7. The van der Waals surface area contributed by atoms with Crippen molar-refractivity contribution >= 4 is 57.1 Å². The minimum Gasteiger partial charge on any atom is -0.465 e. The molecule has 9 heteroatoms. The molecule has 0 radical (unpaired) electrons. The molecule has 38 heavy (non-hydrogen) atoms. The Bertz CT molecular complexity index is 831. The van der Waals surface area contributed by atoms with Gasteiger partial charge in [-0.15, -0.1) is 11.8 Å². The van der Waals surface area contributed by atoms with Crippen molar-refractivity contribution in [2.45, 2.75) is 115 Å². The van der Waals surface area contributed by atoms with Crippen molar-refractivity contribution in [1.29, 1.82) is 0 Å². The Morgan fingerprint density at radius 3 is 2.08 bits per heavy atom. The summed E-state index contributed by atoms with van der Waals surface area (Å²) in [7, 11) is 0. The standard InChI is InChI=1S/C29H45NO5S3/c1-4-5-6-7-8-9-10-11-15-20-37-28(36)38-29(2,3)27(33)34-19-14-12-13-18-30-25(31)23-21-16-17-22(35-21)24(23)26(30)32/h16-17,21-24H,4-15,18-20H2,1-3H3/t21-,22+,23-,24+. The largest absolute Gasteiger partial charge is 0.465 e. The Hall–Kier alpha value is -0.900. The summed E-state index contributed by atoms with van der Waals surface area (Å²) in [5.41, 5.74) is 0. The number of amides is 2. The molecule has 0 N–H and O–H groups in total. The lowest BCUT2D eigenvalue weighted by Crippen LogP contribution is -2.35. The van der Waals surface area contributed by atoms with E-state index in [1.165, 1.54) is 68.0 Å². The fourth-order valence-corrected chi connectivity index (χ4v) is 8.38. The number of carbonyl (C=O) groups excluding carboxylic acids is 3. The summed E-state index contributed by atoms with van der Waals surface area (Å²) in [4.78, 5) is 39.4. The average Bonchev–Trinajstić information content (AvgIpc) is 3.56. The lowest BCUT2D eigenvalue weighted by atomic mass is 9.85. The average molecular weight is 584 g/mol. The normalized spacial score (nSPS) is 23.9. The van der Waals surface area contributed by atoms with Gasteiger partial charge in [-0.25, -0.2) is 0 Å². The smallest absolute Gasteiger partial charge is 0.322 e. The first-order valence-electron chi connectivity index (χ1n) is 14.5. The predicted octanol–water partition coefficient (Wildman–Crippen LogP) is 6.70. The van der Waals surface area contributed by atoms with Gasteiger partial charge in [0.25, 0.3) is 0 Å². The summed E-state index contributed by atoms with van der Waals surface area (Å²) >= 11 is 8.60. The number of likely N-dealkylation sites (tertiary alicyclic amines) is 1. The van der Waals surface area contributed by atoms with Crippen LogP contribution in [-0.4, -0.2) is 62.1 Å². The number of hydrogen-bond donors (Lipinski definition) is 0. The van der Waals surface area contributed by atoms with E-state index in [2.05, 4.69) is 6.92 Å². The highest BCUT2D eigenvalue weighted by molar-refractivity contribution is 8.47. The predicted molar refractivity (Wildman–Crippen MR) is 160 cm³/mol. The number of unbranched alkanes of at least 4 members (excludes halogenated alkanes) is 10. The molecular weight excluding hydrogens is 539 g/mol. The number of carbonyl (C=O) groups is 3. The van der Waals surface area contributed by atoms with Crippen LogP contribution in [0.5, 0.6) is 0 Å². The van der Waals surface area contributed by atoms with Crippen LogP contribution in [-0.2, 0) is 23.9 Å². The van der Waals surface area contributed by atoms with E-state index in [4.69, 9.17) is 21.7 Å². The van der Waals surface area contributed by atoms with Crippen LogP contribution in [0.15, 0.2) is 12.2 Å². The lowest BCUT2D eigenvalue weighted by Gasteiger charge is -2.22. The molecule has 3 aliphatic rings. The van der Waals surface area contributed by atoms with Crippen molar-refractivity contribution < 1.29 is 23.9 Å². The highest BCUT2D eigenvalue weighted by Crippen LogP contribution is 2.45. The second-order valence-corrected chi connectivity index (χ2v) is 15.0. The van der Waals surface area contributed by atoms with Crippen LogP contribution in [0.25, 0.3) is 0 Å². The number of thioether (sulfide) groups is 2. The number of ether oxygens (including phenoxy) is 2. The van der Waals surface area contributed by atoms with Crippen LogP contribution in [0.2, 0.25) is 0 Å². The second kappa shape index (κ2) is 15.8. The van der Waals surface area contributed by atoms with E-state index < -0.39 is 4.75 Å². The molecule has 2 bridgehead atoms. The zero-order chi connectivity index (χ0) is 27.5. The zero-order valence-electron chi connectivity index (χ0n) is 23.3. The highest BCUT2D eigenvalue weighted by atomic mass is 32.2. The van der Waals surface area contributed by atoms with E-state index in [0.717, 1.165) is 22.1 Å². The molecule has 3 aliphatic heterocycles. The first kappa shape index (κ1) is 31.6. The Kier molecular flexibility index (Phi) is 13.1. The van der Waals surface area contributed by atoms with Gasteiger partial charge in [0.2, 0.25) is 11.8 Å². The summed E-state index contributed by atoms with van der Waals surface area (Å²) in [5.74, 6) is -0.141. The van der Waals surface area contributed by atoms with E-state index in [1.807, 2.05) is 26.0 Å². The Morgan fingerprint density at radius 2 is 1.47 bits per heavy atom. The first-order chi connectivity index (χ1) is 18.3. The van der Waals surface area contributed by atoms with Gasteiger partial charge in [0.15, 0.2) is 0 Å². The topological polar surface area (TPSA) is 72.9 Å². The van der Waals surface area contributed by atoms with Gasteiger partial charge in [-0.1, -0.05) is 94.4 Å². The third kappa shape index (κ3) is 8.80. The van der Waals surface area contributed by atoms with Crippen molar-refractivity contribution in [1.82, 2.24) is 4.90 Å². The fraction of sp³-hybridized carbons (Fsp3) is 0.793. The molecule has 0 saturated carbocycles. The molecule has 3 rings (SSSR count). The maximum atomic E-state index is 12.7. The van der Waals surface area contributed by atoms with Crippen LogP contribution >= 0.6 is 35.7 Å². The molecule has 6 nitrogen and oxygen atoms in total. The molecule has 0 aromatic rings. The zero-order valence-corrected chi connectivity index (χ0v) is 25.7. The second-order valence-electron chi connectivity index (χ2n) is 11.1. The molecule has 2 fully saturated rings. The highest BCUT2D eigenvalue weighted by Gasteiger charge is 2.60. The number of esters is 1.